The SMILES string of the molecule is CC(C)c1nc(C2(N)CCCCCC2)n[nH]1. The Kier molecular flexibility index (Phi) is 3.28. The van der Waals surface area contributed by atoms with E-state index in [9.17, 15) is 0 Å². The Hall–Kier alpha value is -0.900. The molecule has 4 nitrogen and oxygen atoms in total. The molecule has 0 aliphatic heterocycles. The van der Waals surface area contributed by atoms with Crippen molar-refractivity contribution in [3.8, 4) is 0 Å². The number of hydrogen-bond acceptors (Lipinski definition) is 3. The third kappa shape index (κ3) is 2.26. The van der Waals surface area contributed by atoms with Gasteiger partial charge in [-0.2, -0.15) is 5.10 Å². The Bertz CT molecular complexity index is 335. The summed E-state index contributed by atoms with van der Waals surface area (Å²) in [5, 5.41) is 7.32. The number of H-pyrrole nitrogens is 1. The summed E-state index contributed by atoms with van der Waals surface area (Å²) in [7, 11) is 0. The van der Waals surface area contributed by atoms with E-state index in [4.69, 9.17) is 5.73 Å². The van der Waals surface area contributed by atoms with Gasteiger partial charge in [-0.05, 0) is 12.8 Å². The van der Waals surface area contributed by atoms with E-state index in [1.807, 2.05) is 0 Å². The zero-order valence-electron chi connectivity index (χ0n) is 10.3. The lowest BCUT2D eigenvalue weighted by Gasteiger charge is -2.24. The summed E-state index contributed by atoms with van der Waals surface area (Å²) in [6.07, 6.45) is 7.01. The van der Waals surface area contributed by atoms with Crippen molar-refractivity contribution in [1.82, 2.24) is 15.2 Å². The maximum Gasteiger partial charge on any atom is 0.170 e. The average molecular weight is 222 g/mol. The van der Waals surface area contributed by atoms with Gasteiger partial charge >= 0.3 is 0 Å². The van der Waals surface area contributed by atoms with Crippen LogP contribution in [0.2, 0.25) is 0 Å². The molecule has 3 N–H and O–H groups in total. The Morgan fingerprint density at radius 3 is 2.31 bits per heavy atom. The number of hydrogen-bond donors (Lipinski definition) is 2. The zero-order chi connectivity index (χ0) is 11.6. The second kappa shape index (κ2) is 4.53. The van der Waals surface area contributed by atoms with Crippen LogP contribution in [0.1, 0.15) is 69.9 Å². The quantitative estimate of drug-likeness (QED) is 0.755. The van der Waals surface area contributed by atoms with Crippen molar-refractivity contribution in [3.05, 3.63) is 11.6 Å². The van der Waals surface area contributed by atoms with Gasteiger partial charge in [-0.15, -0.1) is 0 Å². The molecule has 1 aromatic rings. The lowest BCUT2D eigenvalue weighted by molar-refractivity contribution is 0.363. The summed E-state index contributed by atoms with van der Waals surface area (Å²) in [6, 6.07) is 0. The Balaban J connectivity index is 2.19. The molecule has 1 saturated carbocycles. The molecular formula is C12H22N4. The number of rotatable bonds is 2. The summed E-state index contributed by atoms with van der Waals surface area (Å²) < 4.78 is 0. The highest BCUT2D eigenvalue weighted by Gasteiger charge is 2.32. The minimum Gasteiger partial charge on any atom is -0.319 e. The van der Waals surface area contributed by atoms with Crippen LogP contribution in [0, 0.1) is 0 Å². The maximum atomic E-state index is 6.45. The van der Waals surface area contributed by atoms with E-state index >= 15 is 0 Å². The third-order valence-electron chi connectivity index (χ3n) is 3.49. The maximum absolute atomic E-state index is 6.45. The molecule has 1 fully saturated rings. The fourth-order valence-corrected chi connectivity index (χ4v) is 2.34. The van der Waals surface area contributed by atoms with Gasteiger partial charge in [0.05, 0.1) is 5.54 Å². The zero-order valence-corrected chi connectivity index (χ0v) is 10.3. The molecule has 1 heterocycles. The third-order valence-corrected chi connectivity index (χ3v) is 3.49. The summed E-state index contributed by atoms with van der Waals surface area (Å²) in [5.74, 6) is 2.15. The summed E-state index contributed by atoms with van der Waals surface area (Å²) >= 11 is 0. The molecule has 0 aromatic carbocycles. The van der Waals surface area contributed by atoms with Gasteiger partial charge in [0, 0.05) is 5.92 Å². The first-order valence-electron chi connectivity index (χ1n) is 6.33. The molecule has 0 atom stereocenters. The highest BCUT2D eigenvalue weighted by Crippen LogP contribution is 2.31. The van der Waals surface area contributed by atoms with Gasteiger partial charge in [0.15, 0.2) is 5.82 Å². The second-order valence-electron chi connectivity index (χ2n) is 5.27. The van der Waals surface area contributed by atoms with Crippen molar-refractivity contribution in [3.63, 3.8) is 0 Å². The summed E-state index contributed by atoms with van der Waals surface area (Å²) in [6.45, 7) is 4.22. The molecule has 0 saturated heterocycles. The topological polar surface area (TPSA) is 67.6 Å². The van der Waals surface area contributed by atoms with Crippen molar-refractivity contribution in [1.29, 1.82) is 0 Å². The van der Waals surface area contributed by atoms with Gasteiger partial charge in [0.1, 0.15) is 5.82 Å². The standard InChI is InChI=1S/C12H22N4/c1-9(2)10-14-11(16-15-10)12(13)7-5-3-4-6-8-12/h9H,3-8,13H2,1-2H3,(H,14,15,16). The van der Waals surface area contributed by atoms with Gasteiger partial charge in [0.2, 0.25) is 0 Å². The molecule has 1 aliphatic rings. The first-order valence-corrected chi connectivity index (χ1v) is 6.33. The highest BCUT2D eigenvalue weighted by atomic mass is 15.2. The van der Waals surface area contributed by atoms with Gasteiger partial charge < -0.3 is 5.73 Å². The largest absolute Gasteiger partial charge is 0.319 e. The number of nitrogens with one attached hydrogen (secondary N) is 1. The van der Waals surface area contributed by atoms with E-state index in [1.54, 1.807) is 0 Å². The molecule has 90 valence electrons. The lowest BCUT2D eigenvalue weighted by atomic mass is 9.91. The number of aromatic amines is 1. The molecular weight excluding hydrogens is 200 g/mol. The van der Waals surface area contributed by atoms with Crippen molar-refractivity contribution in [2.24, 2.45) is 5.73 Å². The van der Waals surface area contributed by atoms with E-state index in [0.29, 0.717) is 5.92 Å². The van der Waals surface area contributed by atoms with Crippen molar-refractivity contribution in [2.45, 2.75) is 63.8 Å². The summed E-state index contributed by atoms with van der Waals surface area (Å²) in [5.41, 5.74) is 6.16. The second-order valence-corrected chi connectivity index (χ2v) is 5.27. The molecule has 4 heteroatoms. The van der Waals surface area contributed by atoms with Gasteiger partial charge in [-0.25, -0.2) is 4.98 Å². The van der Waals surface area contributed by atoms with Crippen LogP contribution in [0.25, 0.3) is 0 Å². The molecule has 16 heavy (non-hydrogen) atoms. The van der Waals surface area contributed by atoms with Gasteiger partial charge in [-0.1, -0.05) is 39.5 Å². The van der Waals surface area contributed by atoms with Crippen LogP contribution >= 0.6 is 0 Å². The van der Waals surface area contributed by atoms with E-state index < -0.39 is 0 Å². The normalized spacial score (nSPS) is 21.0. The monoisotopic (exact) mass is 222 g/mol. The molecule has 0 bridgehead atoms. The van der Waals surface area contributed by atoms with E-state index in [2.05, 4.69) is 29.0 Å². The average Bonchev–Trinajstić information content (AvgIpc) is 2.64. The van der Waals surface area contributed by atoms with Crippen LogP contribution in [0.15, 0.2) is 0 Å². The molecule has 2 rings (SSSR count). The number of nitrogens with two attached hydrogens (primary N) is 1. The minimum atomic E-state index is -0.292. The van der Waals surface area contributed by atoms with Gasteiger partial charge in [-0.3, -0.25) is 5.10 Å². The molecule has 1 aromatic heterocycles. The predicted octanol–water partition coefficient (Wildman–Crippen LogP) is 2.44. The molecule has 1 aliphatic carbocycles. The van der Waals surface area contributed by atoms with Crippen molar-refractivity contribution >= 4 is 0 Å². The fraction of sp³-hybridized carbons (Fsp3) is 0.833. The van der Waals surface area contributed by atoms with Crippen molar-refractivity contribution in [2.75, 3.05) is 0 Å². The first kappa shape index (κ1) is 11.6. The molecule has 0 spiro atoms. The molecule has 0 radical (unpaired) electrons. The van der Waals surface area contributed by atoms with Gasteiger partial charge in [0.25, 0.3) is 0 Å². The Morgan fingerprint density at radius 1 is 1.19 bits per heavy atom. The van der Waals surface area contributed by atoms with Crippen LogP contribution in [-0.4, -0.2) is 15.2 Å². The van der Waals surface area contributed by atoms with E-state index in [1.165, 1.54) is 25.7 Å². The fourth-order valence-electron chi connectivity index (χ4n) is 2.34. The van der Waals surface area contributed by atoms with Crippen LogP contribution in [0.3, 0.4) is 0 Å². The smallest absolute Gasteiger partial charge is 0.170 e. The highest BCUT2D eigenvalue weighted by molar-refractivity contribution is 5.07. The van der Waals surface area contributed by atoms with Crippen LogP contribution in [0.5, 0.6) is 0 Å². The predicted molar refractivity (Wildman–Crippen MR) is 64.0 cm³/mol. The first-order chi connectivity index (χ1) is 7.62. The van der Waals surface area contributed by atoms with Crippen LogP contribution in [0.4, 0.5) is 0 Å². The summed E-state index contributed by atoms with van der Waals surface area (Å²) in [4.78, 5) is 4.56. The van der Waals surface area contributed by atoms with E-state index in [0.717, 1.165) is 24.5 Å². The Labute approximate surface area is 97.0 Å². The number of aromatic nitrogens is 3. The van der Waals surface area contributed by atoms with Crippen LogP contribution < -0.4 is 5.73 Å². The minimum absolute atomic E-state index is 0.292. The Morgan fingerprint density at radius 2 is 1.81 bits per heavy atom. The number of nitrogens with zero attached hydrogens (tertiary/aromatic N) is 2. The molecule has 0 amide bonds. The molecule has 0 unspecified atom stereocenters. The van der Waals surface area contributed by atoms with Crippen molar-refractivity contribution < 1.29 is 0 Å². The van der Waals surface area contributed by atoms with E-state index in [-0.39, 0.29) is 5.54 Å². The van der Waals surface area contributed by atoms with Crippen LogP contribution in [-0.2, 0) is 5.54 Å². The lowest BCUT2D eigenvalue weighted by Crippen LogP contribution is -2.37.